The van der Waals surface area contributed by atoms with Crippen LogP contribution >= 0.6 is 12.2 Å². The van der Waals surface area contributed by atoms with E-state index in [-0.39, 0.29) is 0 Å². The molecular formula is C16H25N3O2S. The lowest BCUT2D eigenvalue weighted by atomic mass is 9.99. The molecule has 0 unspecified atom stereocenters. The molecule has 6 heteroatoms. The molecule has 1 saturated heterocycles. The molecule has 0 spiro atoms. The first-order valence-electron chi connectivity index (χ1n) is 7.58. The van der Waals surface area contributed by atoms with Gasteiger partial charge in [-0.15, -0.1) is 0 Å². The van der Waals surface area contributed by atoms with E-state index in [1.807, 2.05) is 18.2 Å². The van der Waals surface area contributed by atoms with E-state index in [1.54, 1.807) is 14.2 Å². The minimum Gasteiger partial charge on any atom is -0.493 e. The van der Waals surface area contributed by atoms with Crippen molar-refractivity contribution in [3.63, 3.8) is 0 Å². The van der Waals surface area contributed by atoms with Gasteiger partial charge in [0, 0.05) is 13.1 Å². The van der Waals surface area contributed by atoms with Gasteiger partial charge in [0.05, 0.1) is 19.9 Å². The van der Waals surface area contributed by atoms with Gasteiger partial charge in [-0.05, 0) is 56.7 Å². The first-order chi connectivity index (χ1) is 10.6. The molecular weight excluding hydrogens is 298 g/mol. The van der Waals surface area contributed by atoms with Gasteiger partial charge in [-0.25, -0.2) is 0 Å². The van der Waals surface area contributed by atoms with Crippen molar-refractivity contribution in [2.45, 2.75) is 12.8 Å². The van der Waals surface area contributed by atoms with Crippen LogP contribution in [0, 0.1) is 5.92 Å². The van der Waals surface area contributed by atoms with Crippen LogP contribution in [0.15, 0.2) is 18.2 Å². The molecule has 1 aromatic carbocycles. The van der Waals surface area contributed by atoms with E-state index in [2.05, 4.69) is 22.6 Å². The van der Waals surface area contributed by atoms with Crippen LogP contribution in [0.2, 0.25) is 0 Å². The summed E-state index contributed by atoms with van der Waals surface area (Å²) in [5.74, 6) is 1.99. The van der Waals surface area contributed by atoms with Gasteiger partial charge in [0.1, 0.15) is 0 Å². The second-order valence-corrected chi connectivity index (χ2v) is 6.05. The highest BCUT2D eigenvalue weighted by molar-refractivity contribution is 7.80. The Morgan fingerprint density at radius 2 is 2.18 bits per heavy atom. The highest BCUT2D eigenvalue weighted by atomic mass is 32.1. The van der Waals surface area contributed by atoms with E-state index in [0.717, 1.165) is 18.8 Å². The molecule has 0 amide bonds. The van der Waals surface area contributed by atoms with Gasteiger partial charge in [-0.3, -0.25) is 0 Å². The van der Waals surface area contributed by atoms with Gasteiger partial charge < -0.3 is 25.0 Å². The Balaban J connectivity index is 1.89. The summed E-state index contributed by atoms with van der Waals surface area (Å²) in [6, 6.07) is 5.68. The van der Waals surface area contributed by atoms with Crippen molar-refractivity contribution in [3.05, 3.63) is 18.2 Å². The molecule has 1 aliphatic rings. The van der Waals surface area contributed by atoms with E-state index in [9.17, 15) is 0 Å². The number of hydrogen-bond donors (Lipinski definition) is 2. The van der Waals surface area contributed by atoms with Crippen molar-refractivity contribution < 1.29 is 9.47 Å². The van der Waals surface area contributed by atoms with Crippen molar-refractivity contribution in [2.75, 3.05) is 46.2 Å². The predicted octanol–water partition coefficient (Wildman–Crippen LogP) is 2.33. The van der Waals surface area contributed by atoms with Crippen LogP contribution in [0.25, 0.3) is 0 Å². The molecule has 2 N–H and O–H groups in total. The molecule has 1 aliphatic heterocycles. The number of methoxy groups -OCH3 is 2. The second kappa shape index (κ2) is 8.19. The normalized spacial score (nSPS) is 18.6. The third-order valence-corrected chi connectivity index (χ3v) is 4.17. The van der Waals surface area contributed by atoms with Gasteiger partial charge in [-0.2, -0.15) is 0 Å². The monoisotopic (exact) mass is 323 g/mol. The minimum absolute atomic E-state index is 0.611. The summed E-state index contributed by atoms with van der Waals surface area (Å²) in [7, 11) is 5.42. The average molecular weight is 323 g/mol. The van der Waals surface area contributed by atoms with Crippen molar-refractivity contribution in [2.24, 2.45) is 5.92 Å². The topological polar surface area (TPSA) is 45.8 Å². The molecule has 0 radical (unpaired) electrons. The summed E-state index contributed by atoms with van der Waals surface area (Å²) in [6.45, 7) is 3.21. The van der Waals surface area contributed by atoms with Gasteiger partial charge in [0.25, 0.3) is 0 Å². The number of hydrogen-bond acceptors (Lipinski definition) is 4. The lowest BCUT2D eigenvalue weighted by Crippen LogP contribution is -2.40. The number of anilines is 1. The number of ether oxygens (including phenoxy) is 2. The molecule has 22 heavy (non-hydrogen) atoms. The van der Waals surface area contributed by atoms with E-state index < -0.39 is 0 Å². The maximum Gasteiger partial charge on any atom is 0.184 e. The van der Waals surface area contributed by atoms with Crippen LogP contribution in [0.1, 0.15) is 12.8 Å². The number of para-hydroxylation sites is 1. The zero-order chi connectivity index (χ0) is 15.9. The summed E-state index contributed by atoms with van der Waals surface area (Å²) >= 11 is 5.39. The fourth-order valence-electron chi connectivity index (χ4n) is 2.83. The second-order valence-electron chi connectivity index (χ2n) is 5.65. The van der Waals surface area contributed by atoms with Crippen molar-refractivity contribution in [1.82, 2.24) is 10.2 Å². The Hall–Kier alpha value is -1.53. The molecule has 5 nitrogen and oxygen atoms in total. The fraction of sp³-hybridized carbons (Fsp3) is 0.562. The lowest BCUT2D eigenvalue weighted by Gasteiger charge is -2.30. The van der Waals surface area contributed by atoms with Crippen molar-refractivity contribution in [1.29, 1.82) is 0 Å². The fourth-order valence-corrected chi connectivity index (χ4v) is 3.02. The van der Waals surface area contributed by atoms with Crippen LogP contribution in [-0.2, 0) is 0 Å². The number of benzene rings is 1. The Labute approximate surface area is 138 Å². The minimum atomic E-state index is 0.611. The first kappa shape index (κ1) is 16.8. The first-order valence-corrected chi connectivity index (χ1v) is 7.99. The average Bonchev–Trinajstić information content (AvgIpc) is 2.52. The number of thiocarbonyl (C=S) groups is 1. The summed E-state index contributed by atoms with van der Waals surface area (Å²) in [5.41, 5.74) is 0.806. The smallest absolute Gasteiger partial charge is 0.184 e. The Morgan fingerprint density at radius 1 is 1.36 bits per heavy atom. The number of rotatable bonds is 5. The molecule has 2 rings (SSSR count). The quantitative estimate of drug-likeness (QED) is 0.811. The third kappa shape index (κ3) is 4.48. The summed E-state index contributed by atoms with van der Waals surface area (Å²) in [5, 5.41) is 7.11. The van der Waals surface area contributed by atoms with Crippen LogP contribution in [0.4, 0.5) is 5.69 Å². The molecule has 0 bridgehead atoms. The van der Waals surface area contributed by atoms with E-state index in [4.69, 9.17) is 21.7 Å². The van der Waals surface area contributed by atoms with Crippen LogP contribution in [0.5, 0.6) is 11.5 Å². The molecule has 0 aliphatic carbocycles. The molecule has 1 fully saturated rings. The van der Waals surface area contributed by atoms with Gasteiger partial charge in [0.2, 0.25) is 0 Å². The molecule has 1 atom stereocenters. The zero-order valence-corrected chi connectivity index (χ0v) is 14.3. The Kier molecular flexibility index (Phi) is 6.27. The number of nitrogens with zero attached hydrogens (tertiary/aromatic N) is 1. The van der Waals surface area contributed by atoms with Gasteiger partial charge >= 0.3 is 0 Å². The Bertz CT molecular complexity index is 510. The maximum absolute atomic E-state index is 5.40. The predicted molar refractivity (Wildman–Crippen MR) is 94.0 cm³/mol. The van der Waals surface area contributed by atoms with Crippen LogP contribution < -0.4 is 20.1 Å². The largest absolute Gasteiger partial charge is 0.493 e. The van der Waals surface area contributed by atoms with E-state index in [1.165, 1.54) is 19.4 Å². The van der Waals surface area contributed by atoms with E-state index >= 15 is 0 Å². The van der Waals surface area contributed by atoms with Crippen LogP contribution in [-0.4, -0.2) is 50.9 Å². The molecule has 0 aromatic heterocycles. The summed E-state index contributed by atoms with van der Waals surface area (Å²) in [4.78, 5) is 2.37. The van der Waals surface area contributed by atoms with Crippen LogP contribution in [0.3, 0.4) is 0 Å². The van der Waals surface area contributed by atoms with Crippen molar-refractivity contribution >= 4 is 23.0 Å². The van der Waals surface area contributed by atoms with E-state index in [0.29, 0.717) is 22.5 Å². The SMILES string of the molecule is COc1cccc(NC(=S)NC[C@H]2CCCN(C)C2)c1OC. The maximum atomic E-state index is 5.40. The van der Waals surface area contributed by atoms with Gasteiger partial charge in [-0.1, -0.05) is 6.07 Å². The summed E-state index contributed by atoms with van der Waals surface area (Å²) in [6.07, 6.45) is 2.51. The zero-order valence-electron chi connectivity index (χ0n) is 13.5. The Morgan fingerprint density at radius 3 is 2.86 bits per heavy atom. The number of nitrogens with one attached hydrogen (secondary N) is 2. The standard InChI is InChI=1S/C16H25N3O2S/c1-19-9-5-6-12(11-19)10-17-16(22)18-13-7-4-8-14(20-2)15(13)21-3/h4,7-8,12H,5-6,9-11H2,1-3H3,(H2,17,18,22)/t12-/m1/s1. The summed E-state index contributed by atoms with van der Waals surface area (Å²) < 4.78 is 10.7. The highest BCUT2D eigenvalue weighted by Crippen LogP contribution is 2.34. The molecule has 1 aromatic rings. The number of likely N-dealkylation sites (tertiary alicyclic amines) is 1. The molecule has 0 saturated carbocycles. The van der Waals surface area contributed by atoms with Crippen molar-refractivity contribution in [3.8, 4) is 11.5 Å². The highest BCUT2D eigenvalue weighted by Gasteiger charge is 2.17. The number of piperidine rings is 1. The molecule has 1 heterocycles. The lowest BCUT2D eigenvalue weighted by molar-refractivity contribution is 0.211. The third-order valence-electron chi connectivity index (χ3n) is 3.92. The molecule has 122 valence electrons. The van der Waals surface area contributed by atoms with Gasteiger partial charge in [0.15, 0.2) is 16.6 Å².